The highest BCUT2D eigenvalue weighted by Gasteiger charge is 2.29. The third-order valence-electron chi connectivity index (χ3n) is 4.99. The van der Waals surface area contributed by atoms with Crippen molar-refractivity contribution in [2.75, 3.05) is 25.0 Å². The van der Waals surface area contributed by atoms with Crippen molar-refractivity contribution in [3.63, 3.8) is 0 Å². The van der Waals surface area contributed by atoms with E-state index >= 15 is 0 Å². The summed E-state index contributed by atoms with van der Waals surface area (Å²) in [5.41, 5.74) is 5.68. The maximum Gasteiger partial charge on any atom is 0.272 e. The maximum absolute atomic E-state index is 12.8. The predicted octanol–water partition coefficient (Wildman–Crippen LogP) is 0.667. The number of hydrogen-bond acceptors (Lipinski definition) is 5. The van der Waals surface area contributed by atoms with Gasteiger partial charge in [0.25, 0.3) is 11.8 Å². The summed E-state index contributed by atoms with van der Waals surface area (Å²) in [5, 5.41) is 5.23. The number of hydrogen-bond donors (Lipinski definition) is 3. The second-order valence-corrected chi connectivity index (χ2v) is 9.19. The topological polar surface area (TPSA) is 144 Å². The first kappa shape index (κ1) is 22.5. The predicted molar refractivity (Wildman–Crippen MR) is 114 cm³/mol. The number of rotatable bonds is 8. The molecule has 0 spiro atoms. The fourth-order valence-electron chi connectivity index (χ4n) is 3.35. The van der Waals surface area contributed by atoms with Crippen molar-refractivity contribution in [1.82, 2.24) is 14.2 Å². The van der Waals surface area contributed by atoms with Crippen LogP contribution in [0.3, 0.4) is 0 Å². The Morgan fingerprint density at radius 3 is 2.45 bits per heavy atom. The summed E-state index contributed by atoms with van der Waals surface area (Å²) in [6.07, 6.45) is 3.04. The number of nitrogens with two attached hydrogens (primary N) is 1. The van der Waals surface area contributed by atoms with Crippen molar-refractivity contribution < 1.29 is 22.8 Å². The van der Waals surface area contributed by atoms with Crippen LogP contribution in [0.15, 0.2) is 41.4 Å². The van der Waals surface area contributed by atoms with Gasteiger partial charge >= 0.3 is 0 Å². The van der Waals surface area contributed by atoms with Gasteiger partial charge < -0.3 is 20.9 Å². The van der Waals surface area contributed by atoms with Crippen molar-refractivity contribution in [3.8, 4) is 0 Å². The molecule has 0 atom stereocenters. The van der Waals surface area contributed by atoms with E-state index in [0.717, 1.165) is 12.8 Å². The number of aromatic nitrogens is 1. The number of nitrogens with zero attached hydrogens (tertiary/aromatic N) is 2. The van der Waals surface area contributed by atoms with Crippen LogP contribution in [0.1, 0.15) is 40.1 Å². The quantitative estimate of drug-likeness (QED) is 0.545. The zero-order valence-electron chi connectivity index (χ0n) is 17.1. The third-order valence-corrected chi connectivity index (χ3v) is 6.86. The van der Waals surface area contributed by atoms with Crippen molar-refractivity contribution in [1.29, 1.82) is 0 Å². The van der Waals surface area contributed by atoms with Crippen LogP contribution < -0.4 is 16.4 Å². The number of carbonyl (C=O) groups is 3. The van der Waals surface area contributed by atoms with Crippen molar-refractivity contribution in [2.45, 2.75) is 24.2 Å². The molecule has 1 aliphatic rings. The molecule has 166 valence electrons. The highest BCUT2D eigenvalue weighted by atomic mass is 32.2. The van der Waals surface area contributed by atoms with E-state index in [0.29, 0.717) is 13.1 Å². The molecule has 31 heavy (non-hydrogen) atoms. The van der Waals surface area contributed by atoms with Gasteiger partial charge in [-0.15, -0.1) is 0 Å². The summed E-state index contributed by atoms with van der Waals surface area (Å²) in [7, 11) is -2.07. The standard InChI is InChI=1S/C20H25N5O5S/c1-24-13-14(31(29,30)25-10-4-5-11-25)12-17(24)20(28)23-16-7-3-2-6-15(16)19(27)22-9-8-18(21)26/h2-3,6-7,12-13H,4-5,8-11H2,1H3,(H2,21,26)(H,22,27)(H,23,28). The maximum atomic E-state index is 12.8. The number of amides is 3. The highest BCUT2D eigenvalue weighted by molar-refractivity contribution is 7.89. The number of anilines is 1. The average molecular weight is 448 g/mol. The largest absolute Gasteiger partial charge is 0.370 e. The fraction of sp³-hybridized carbons (Fsp3) is 0.350. The van der Waals surface area contributed by atoms with E-state index in [-0.39, 0.29) is 34.8 Å². The summed E-state index contributed by atoms with van der Waals surface area (Å²) in [6, 6.07) is 7.72. The Labute approximate surface area is 180 Å². The molecule has 2 aromatic rings. The van der Waals surface area contributed by atoms with E-state index in [4.69, 9.17) is 5.73 Å². The number of carbonyl (C=O) groups excluding carboxylic acids is 3. The molecule has 10 nitrogen and oxygen atoms in total. The normalized spacial score (nSPS) is 14.4. The van der Waals surface area contributed by atoms with Crippen molar-refractivity contribution >= 4 is 33.4 Å². The number of primary amides is 1. The Hall–Kier alpha value is -3.18. The Kier molecular flexibility index (Phi) is 6.76. The molecule has 0 radical (unpaired) electrons. The molecular formula is C20H25N5O5S. The number of sulfonamides is 1. The van der Waals surface area contributed by atoms with Crippen LogP contribution in [0.2, 0.25) is 0 Å². The summed E-state index contributed by atoms with van der Waals surface area (Å²) in [6.45, 7) is 1.01. The molecule has 0 unspecified atom stereocenters. The fourth-order valence-corrected chi connectivity index (χ4v) is 4.94. The number of benzene rings is 1. The van der Waals surface area contributed by atoms with Gasteiger partial charge in [-0.25, -0.2) is 8.42 Å². The van der Waals surface area contributed by atoms with Gasteiger partial charge in [0.2, 0.25) is 15.9 Å². The lowest BCUT2D eigenvalue weighted by Crippen LogP contribution is -2.29. The zero-order valence-corrected chi connectivity index (χ0v) is 17.9. The summed E-state index contributed by atoms with van der Waals surface area (Å²) < 4.78 is 28.4. The van der Waals surface area contributed by atoms with Crippen molar-refractivity contribution in [2.24, 2.45) is 12.8 Å². The van der Waals surface area contributed by atoms with E-state index in [9.17, 15) is 22.8 Å². The molecule has 3 amide bonds. The lowest BCUT2D eigenvalue weighted by molar-refractivity contribution is -0.117. The minimum atomic E-state index is -3.66. The minimum Gasteiger partial charge on any atom is -0.370 e. The van der Waals surface area contributed by atoms with E-state index in [1.54, 1.807) is 25.2 Å². The van der Waals surface area contributed by atoms with Crippen LogP contribution >= 0.6 is 0 Å². The first-order chi connectivity index (χ1) is 14.7. The van der Waals surface area contributed by atoms with E-state index in [1.165, 1.54) is 27.2 Å². The van der Waals surface area contributed by atoms with Crippen LogP contribution in [-0.2, 0) is 21.9 Å². The third kappa shape index (κ3) is 5.12. The Morgan fingerprint density at radius 2 is 1.77 bits per heavy atom. The first-order valence-electron chi connectivity index (χ1n) is 9.83. The van der Waals surface area contributed by atoms with Crippen LogP contribution in [0, 0.1) is 0 Å². The van der Waals surface area contributed by atoms with Crippen LogP contribution in [0.4, 0.5) is 5.69 Å². The molecule has 1 aromatic carbocycles. The molecule has 1 aliphatic heterocycles. The Morgan fingerprint density at radius 1 is 1.10 bits per heavy atom. The molecule has 0 aliphatic carbocycles. The summed E-state index contributed by atoms with van der Waals surface area (Å²) >= 11 is 0. The van der Waals surface area contributed by atoms with Crippen LogP contribution in [0.5, 0.6) is 0 Å². The smallest absolute Gasteiger partial charge is 0.272 e. The van der Waals surface area contributed by atoms with E-state index in [2.05, 4.69) is 10.6 Å². The number of nitrogens with one attached hydrogen (secondary N) is 2. The van der Waals surface area contributed by atoms with Crippen LogP contribution in [-0.4, -0.2) is 54.6 Å². The molecule has 0 saturated carbocycles. The van der Waals surface area contributed by atoms with Gasteiger partial charge in [-0.3, -0.25) is 14.4 Å². The monoisotopic (exact) mass is 447 g/mol. The number of para-hydroxylation sites is 1. The first-order valence-corrected chi connectivity index (χ1v) is 11.3. The minimum absolute atomic E-state index is 0.00210. The molecular weight excluding hydrogens is 422 g/mol. The van der Waals surface area contributed by atoms with Gasteiger partial charge in [-0.2, -0.15) is 4.31 Å². The lowest BCUT2D eigenvalue weighted by Gasteiger charge is -2.13. The number of aryl methyl sites for hydroxylation is 1. The van der Waals surface area contributed by atoms with Gasteiger partial charge in [0, 0.05) is 39.3 Å². The molecule has 4 N–H and O–H groups in total. The molecule has 0 bridgehead atoms. The second kappa shape index (κ2) is 9.31. The SMILES string of the molecule is Cn1cc(S(=O)(=O)N2CCCC2)cc1C(=O)Nc1ccccc1C(=O)NCCC(N)=O. The molecule has 11 heteroatoms. The Balaban J connectivity index is 1.77. The summed E-state index contributed by atoms with van der Waals surface area (Å²) in [4.78, 5) is 36.1. The van der Waals surface area contributed by atoms with Gasteiger partial charge in [-0.1, -0.05) is 12.1 Å². The van der Waals surface area contributed by atoms with Gasteiger partial charge in [0.1, 0.15) is 10.6 Å². The van der Waals surface area contributed by atoms with Crippen LogP contribution in [0.25, 0.3) is 0 Å². The highest BCUT2D eigenvalue weighted by Crippen LogP contribution is 2.23. The van der Waals surface area contributed by atoms with E-state index in [1.807, 2.05) is 0 Å². The lowest BCUT2D eigenvalue weighted by atomic mass is 10.1. The molecule has 3 rings (SSSR count). The zero-order chi connectivity index (χ0) is 22.6. The van der Waals surface area contributed by atoms with Gasteiger partial charge in [0.05, 0.1) is 11.3 Å². The van der Waals surface area contributed by atoms with Gasteiger partial charge in [-0.05, 0) is 31.0 Å². The van der Waals surface area contributed by atoms with E-state index < -0.39 is 27.7 Å². The average Bonchev–Trinajstić information content (AvgIpc) is 3.38. The van der Waals surface area contributed by atoms with Crippen molar-refractivity contribution in [3.05, 3.63) is 47.8 Å². The molecule has 1 aromatic heterocycles. The van der Waals surface area contributed by atoms with Gasteiger partial charge in [0.15, 0.2) is 0 Å². The molecule has 1 saturated heterocycles. The molecule has 1 fully saturated rings. The second-order valence-electron chi connectivity index (χ2n) is 7.26. The molecule has 2 heterocycles. The summed E-state index contributed by atoms with van der Waals surface area (Å²) in [5.74, 6) is -1.56. The Bertz CT molecular complexity index is 1100.